The molecule has 0 spiro atoms. The highest BCUT2D eigenvalue weighted by molar-refractivity contribution is 5.82. The van der Waals surface area contributed by atoms with Gasteiger partial charge in [0.1, 0.15) is 12.3 Å². The van der Waals surface area contributed by atoms with Crippen molar-refractivity contribution in [3.63, 3.8) is 0 Å². The van der Waals surface area contributed by atoms with Crippen molar-refractivity contribution in [1.29, 1.82) is 0 Å². The van der Waals surface area contributed by atoms with E-state index in [1.54, 1.807) is 24.3 Å². The first-order chi connectivity index (χ1) is 9.40. The summed E-state index contributed by atoms with van der Waals surface area (Å²) in [6, 6.07) is 6.94. The first-order valence-electron chi connectivity index (χ1n) is 6.11. The van der Waals surface area contributed by atoms with Crippen LogP contribution in [0.4, 0.5) is 13.2 Å². The quantitative estimate of drug-likeness (QED) is 0.911. The van der Waals surface area contributed by atoms with Crippen LogP contribution < -0.4 is 4.74 Å². The summed E-state index contributed by atoms with van der Waals surface area (Å²) in [5.74, 6) is -0.241. The van der Waals surface area contributed by atoms with Gasteiger partial charge in [-0.15, -0.1) is 0 Å². The van der Waals surface area contributed by atoms with Gasteiger partial charge in [-0.2, -0.15) is 13.2 Å². The first-order valence-corrected chi connectivity index (χ1v) is 6.11. The van der Waals surface area contributed by atoms with Crippen molar-refractivity contribution in [2.24, 2.45) is 0 Å². The summed E-state index contributed by atoms with van der Waals surface area (Å²) < 4.78 is 42.6. The zero-order valence-electron chi connectivity index (χ0n) is 10.6. The molecule has 1 unspecified atom stereocenters. The molecule has 2 rings (SSSR count). The highest BCUT2D eigenvalue weighted by atomic mass is 19.4. The zero-order chi connectivity index (χ0) is 14.8. The number of aliphatic hydroxyl groups excluding tert-OH is 1. The number of halogens is 3. The van der Waals surface area contributed by atoms with E-state index in [2.05, 4.69) is 0 Å². The number of hydrogen-bond acceptors (Lipinski definition) is 3. The van der Waals surface area contributed by atoms with Crippen molar-refractivity contribution in [2.45, 2.75) is 18.7 Å². The lowest BCUT2D eigenvalue weighted by Gasteiger charge is -2.25. The summed E-state index contributed by atoms with van der Waals surface area (Å²) in [6.07, 6.45) is -5.22. The molecule has 0 saturated heterocycles. The van der Waals surface area contributed by atoms with Crippen LogP contribution in [0, 0.1) is 0 Å². The summed E-state index contributed by atoms with van der Waals surface area (Å²) in [5.41, 5.74) is 0.793. The van der Waals surface area contributed by atoms with Gasteiger partial charge in [-0.25, -0.2) is 0 Å². The van der Waals surface area contributed by atoms with Gasteiger partial charge in [0.2, 0.25) is 0 Å². The van der Waals surface area contributed by atoms with Crippen LogP contribution >= 0.6 is 0 Å². The topological polar surface area (TPSA) is 49.8 Å². The Bertz CT molecular complexity index is 465. The molecule has 0 aliphatic carbocycles. The van der Waals surface area contributed by atoms with E-state index in [1.165, 1.54) is 0 Å². The number of aliphatic hydroxyl groups is 1. The Kier molecular flexibility index (Phi) is 4.17. The molecule has 0 radical (unpaired) electrons. The summed E-state index contributed by atoms with van der Waals surface area (Å²) in [6.45, 7) is -2.28. The molecule has 110 valence electrons. The maximum atomic E-state index is 12.4. The van der Waals surface area contributed by atoms with Crippen LogP contribution in [0.1, 0.15) is 5.56 Å². The van der Waals surface area contributed by atoms with Gasteiger partial charge in [-0.05, 0) is 11.6 Å². The van der Waals surface area contributed by atoms with Gasteiger partial charge in [-0.3, -0.25) is 4.79 Å². The van der Waals surface area contributed by atoms with E-state index in [-0.39, 0.29) is 13.0 Å². The third-order valence-corrected chi connectivity index (χ3v) is 2.97. The van der Waals surface area contributed by atoms with E-state index in [4.69, 9.17) is 9.84 Å². The Morgan fingerprint density at radius 2 is 2.10 bits per heavy atom. The van der Waals surface area contributed by atoms with Crippen molar-refractivity contribution in [3.05, 3.63) is 29.8 Å². The Hall–Kier alpha value is -1.76. The minimum atomic E-state index is -4.50. The van der Waals surface area contributed by atoms with Crippen LogP contribution in [0.5, 0.6) is 5.75 Å². The lowest BCUT2D eigenvalue weighted by Crippen LogP contribution is -2.46. The second kappa shape index (κ2) is 5.70. The normalized spacial score (nSPS) is 17.5. The maximum Gasteiger partial charge on any atom is 0.406 e. The molecule has 1 N–H and O–H groups in total. The molecule has 1 aromatic rings. The number of fused-ring (bicyclic) bond motifs is 1. The molecule has 20 heavy (non-hydrogen) atoms. The molecule has 1 aromatic carbocycles. The molecule has 1 heterocycles. The Morgan fingerprint density at radius 3 is 2.70 bits per heavy atom. The minimum Gasteiger partial charge on any atom is -0.480 e. The molecule has 1 aliphatic heterocycles. The molecular formula is C13H14F3NO3. The molecule has 4 nitrogen and oxygen atoms in total. The molecular weight excluding hydrogens is 275 g/mol. The van der Waals surface area contributed by atoms with Crippen LogP contribution in [0.15, 0.2) is 24.3 Å². The molecule has 1 atom stereocenters. The molecule has 0 saturated carbocycles. The first kappa shape index (κ1) is 14.6. The molecule has 1 aliphatic rings. The van der Waals surface area contributed by atoms with Crippen molar-refractivity contribution in [2.75, 3.05) is 19.7 Å². The second-order valence-electron chi connectivity index (χ2n) is 4.52. The Morgan fingerprint density at radius 1 is 1.40 bits per heavy atom. The number of ether oxygens (including phenoxy) is 1. The van der Waals surface area contributed by atoms with Crippen LogP contribution in [-0.4, -0.2) is 47.9 Å². The number of para-hydroxylation sites is 1. The average molecular weight is 289 g/mol. The molecule has 0 bridgehead atoms. The van der Waals surface area contributed by atoms with Gasteiger partial charge < -0.3 is 14.7 Å². The van der Waals surface area contributed by atoms with E-state index in [0.717, 1.165) is 5.56 Å². The monoisotopic (exact) mass is 289 g/mol. The number of rotatable bonds is 4. The standard InChI is InChI=1S/C13H14F3NO3/c14-13(15,16)8-17(5-6-18)12(19)11-7-9-3-1-2-4-10(9)20-11/h1-4,11,18H,5-8H2. The largest absolute Gasteiger partial charge is 0.480 e. The number of amides is 1. The van der Waals surface area contributed by atoms with Gasteiger partial charge in [-0.1, -0.05) is 18.2 Å². The van der Waals surface area contributed by atoms with Gasteiger partial charge in [0, 0.05) is 13.0 Å². The summed E-state index contributed by atoms with van der Waals surface area (Å²) >= 11 is 0. The van der Waals surface area contributed by atoms with Crippen molar-refractivity contribution in [3.8, 4) is 5.75 Å². The summed E-state index contributed by atoms with van der Waals surface area (Å²) in [5, 5.41) is 8.80. The van der Waals surface area contributed by atoms with Crippen LogP contribution in [0.2, 0.25) is 0 Å². The van der Waals surface area contributed by atoms with Crippen LogP contribution in [-0.2, 0) is 11.2 Å². The SMILES string of the molecule is O=C(C1Cc2ccccc2O1)N(CCO)CC(F)(F)F. The fourth-order valence-corrected chi connectivity index (χ4v) is 2.13. The van der Waals surface area contributed by atoms with Gasteiger partial charge in [0.15, 0.2) is 6.10 Å². The fourth-order valence-electron chi connectivity index (χ4n) is 2.13. The second-order valence-corrected chi connectivity index (χ2v) is 4.52. The van der Waals surface area contributed by atoms with Crippen molar-refractivity contribution < 1.29 is 27.8 Å². The third-order valence-electron chi connectivity index (χ3n) is 2.97. The Labute approximate surface area is 113 Å². The van der Waals surface area contributed by atoms with Gasteiger partial charge in [0.25, 0.3) is 5.91 Å². The van der Waals surface area contributed by atoms with Crippen LogP contribution in [0.3, 0.4) is 0 Å². The van der Waals surface area contributed by atoms with E-state index in [9.17, 15) is 18.0 Å². The Balaban J connectivity index is 2.06. The number of carbonyl (C=O) groups is 1. The lowest BCUT2D eigenvalue weighted by atomic mass is 10.1. The molecule has 7 heteroatoms. The lowest BCUT2D eigenvalue weighted by molar-refractivity contribution is -0.165. The van der Waals surface area contributed by atoms with E-state index in [0.29, 0.717) is 10.6 Å². The number of nitrogens with zero attached hydrogens (tertiary/aromatic N) is 1. The van der Waals surface area contributed by atoms with Gasteiger partial charge in [0.05, 0.1) is 6.61 Å². The highest BCUT2D eigenvalue weighted by Gasteiger charge is 2.38. The number of hydrogen-bond donors (Lipinski definition) is 1. The highest BCUT2D eigenvalue weighted by Crippen LogP contribution is 2.29. The summed E-state index contributed by atoms with van der Waals surface area (Å²) in [4.78, 5) is 12.7. The third kappa shape index (κ3) is 3.41. The van der Waals surface area contributed by atoms with E-state index >= 15 is 0 Å². The van der Waals surface area contributed by atoms with Crippen molar-refractivity contribution >= 4 is 5.91 Å². The van der Waals surface area contributed by atoms with E-state index < -0.39 is 31.3 Å². The number of alkyl halides is 3. The number of benzene rings is 1. The van der Waals surface area contributed by atoms with Gasteiger partial charge >= 0.3 is 6.18 Å². The molecule has 0 aromatic heterocycles. The van der Waals surface area contributed by atoms with E-state index in [1.807, 2.05) is 0 Å². The molecule has 1 amide bonds. The predicted octanol–water partition coefficient (Wildman–Crippen LogP) is 1.37. The molecule has 0 fully saturated rings. The van der Waals surface area contributed by atoms with Crippen molar-refractivity contribution in [1.82, 2.24) is 4.90 Å². The zero-order valence-corrected chi connectivity index (χ0v) is 10.6. The average Bonchev–Trinajstić information content (AvgIpc) is 2.79. The van der Waals surface area contributed by atoms with Crippen LogP contribution in [0.25, 0.3) is 0 Å². The number of carbonyl (C=O) groups excluding carboxylic acids is 1. The smallest absolute Gasteiger partial charge is 0.406 e. The predicted molar refractivity (Wildman–Crippen MR) is 64.3 cm³/mol. The maximum absolute atomic E-state index is 12.4. The fraction of sp³-hybridized carbons (Fsp3) is 0.462. The summed E-state index contributed by atoms with van der Waals surface area (Å²) in [7, 11) is 0. The minimum absolute atomic E-state index is 0.245.